The molecule has 3 N–H and O–H groups in total. The van der Waals surface area contributed by atoms with Crippen molar-refractivity contribution in [2.45, 2.75) is 32.6 Å². The van der Waals surface area contributed by atoms with Gasteiger partial charge in [0.2, 0.25) is 0 Å². The first-order valence-electron chi connectivity index (χ1n) is 4.48. The second kappa shape index (κ2) is 6.00. The molecule has 1 rings (SSSR count). The van der Waals surface area contributed by atoms with Crippen molar-refractivity contribution in [3.63, 3.8) is 0 Å². The molecule has 1 aliphatic rings. The second-order valence-electron chi connectivity index (χ2n) is 3.38. The fourth-order valence-electron chi connectivity index (χ4n) is 1.76. The van der Waals surface area contributed by atoms with E-state index in [0.29, 0.717) is 12.3 Å². The standard InChI is InChI=1S/C8H14O2.CH5N/c1-6-2-3-7(4-6)5-8(9)10;1-2/h6-7H,2-5H2,1H3,(H,9,10);2H2,1H3/t6-,7-;/m1./s1. The lowest BCUT2D eigenvalue weighted by Crippen LogP contribution is -2.03. The Bertz CT molecular complexity index is 136. The summed E-state index contributed by atoms with van der Waals surface area (Å²) in [5, 5.41) is 8.46. The predicted octanol–water partition coefficient (Wildman–Crippen LogP) is 1.47. The van der Waals surface area contributed by atoms with E-state index in [-0.39, 0.29) is 0 Å². The van der Waals surface area contributed by atoms with Crippen LogP contribution in [0.2, 0.25) is 0 Å². The van der Waals surface area contributed by atoms with E-state index in [1.54, 1.807) is 0 Å². The summed E-state index contributed by atoms with van der Waals surface area (Å²) in [6.45, 7) is 2.20. The quantitative estimate of drug-likeness (QED) is 0.664. The largest absolute Gasteiger partial charge is 0.481 e. The Balaban J connectivity index is 0.000000561. The van der Waals surface area contributed by atoms with Crippen molar-refractivity contribution >= 4 is 5.97 Å². The van der Waals surface area contributed by atoms with E-state index in [2.05, 4.69) is 12.7 Å². The Labute approximate surface area is 74.0 Å². The zero-order valence-corrected chi connectivity index (χ0v) is 7.92. The third-order valence-corrected chi connectivity index (χ3v) is 2.27. The summed E-state index contributed by atoms with van der Waals surface area (Å²) in [5.74, 6) is 0.580. The molecule has 1 saturated carbocycles. The first-order valence-corrected chi connectivity index (χ1v) is 4.48. The summed E-state index contributed by atoms with van der Waals surface area (Å²) in [6, 6.07) is 0. The molecule has 3 heteroatoms. The molecule has 12 heavy (non-hydrogen) atoms. The van der Waals surface area contributed by atoms with Crippen molar-refractivity contribution in [2.75, 3.05) is 7.05 Å². The Morgan fingerprint density at radius 3 is 2.42 bits per heavy atom. The summed E-state index contributed by atoms with van der Waals surface area (Å²) in [5.41, 5.74) is 4.50. The highest BCUT2D eigenvalue weighted by Gasteiger charge is 2.22. The Hall–Kier alpha value is -0.570. The van der Waals surface area contributed by atoms with Crippen molar-refractivity contribution in [1.29, 1.82) is 0 Å². The van der Waals surface area contributed by atoms with Crippen LogP contribution in [0.5, 0.6) is 0 Å². The lowest BCUT2D eigenvalue weighted by Gasteiger charge is -2.03. The van der Waals surface area contributed by atoms with E-state index in [1.807, 2.05) is 0 Å². The molecule has 0 amide bonds. The molecule has 0 spiro atoms. The van der Waals surface area contributed by atoms with Crippen LogP contribution < -0.4 is 5.73 Å². The predicted molar refractivity (Wildman–Crippen MR) is 48.9 cm³/mol. The molecular weight excluding hydrogens is 154 g/mol. The van der Waals surface area contributed by atoms with Gasteiger partial charge >= 0.3 is 5.97 Å². The highest BCUT2D eigenvalue weighted by Crippen LogP contribution is 2.32. The highest BCUT2D eigenvalue weighted by atomic mass is 16.4. The number of carbonyl (C=O) groups is 1. The van der Waals surface area contributed by atoms with Gasteiger partial charge in [-0.1, -0.05) is 13.3 Å². The van der Waals surface area contributed by atoms with Gasteiger partial charge in [-0.15, -0.1) is 0 Å². The summed E-state index contributed by atoms with van der Waals surface area (Å²) in [7, 11) is 1.50. The molecule has 3 nitrogen and oxygen atoms in total. The van der Waals surface area contributed by atoms with Crippen molar-refractivity contribution < 1.29 is 9.90 Å². The minimum Gasteiger partial charge on any atom is -0.481 e. The van der Waals surface area contributed by atoms with Crippen LogP contribution in [0.25, 0.3) is 0 Å². The third kappa shape index (κ3) is 4.34. The molecule has 0 aromatic carbocycles. The first kappa shape index (κ1) is 11.4. The number of aliphatic carboxylic acids is 1. The molecule has 0 saturated heterocycles. The van der Waals surface area contributed by atoms with Crippen molar-refractivity contribution in [2.24, 2.45) is 17.6 Å². The van der Waals surface area contributed by atoms with E-state index in [9.17, 15) is 4.79 Å². The number of nitrogens with two attached hydrogens (primary N) is 1. The van der Waals surface area contributed by atoms with Crippen LogP contribution in [0.3, 0.4) is 0 Å². The van der Waals surface area contributed by atoms with Gasteiger partial charge in [0.25, 0.3) is 0 Å². The van der Waals surface area contributed by atoms with E-state index in [4.69, 9.17) is 5.11 Å². The fourth-order valence-corrected chi connectivity index (χ4v) is 1.76. The zero-order chi connectivity index (χ0) is 9.56. The molecule has 0 radical (unpaired) electrons. The topological polar surface area (TPSA) is 63.3 Å². The maximum absolute atomic E-state index is 10.3. The maximum Gasteiger partial charge on any atom is 0.303 e. The van der Waals surface area contributed by atoms with E-state index in [1.165, 1.54) is 13.5 Å². The second-order valence-corrected chi connectivity index (χ2v) is 3.38. The van der Waals surface area contributed by atoms with Crippen LogP contribution in [0.4, 0.5) is 0 Å². The Kier molecular flexibility index (Phi) is 5.72. The monoisotopic (exact) mass is 173 g/mol. The molecule has 0 aromatic rings. The normalized spacial score (nSPS) is 27.6. The zero-order valence-electron chi connectivity index (χ0n) is 7.92. The average molecular weight is 173 g/mol. The molecule has 0 bridgehead atoms. The van der Waals surface area contributed by atoms with Crippen LogP contribution in [0.1, 0.15) is 32.6 Å². The van der Waals surface area contributed by atoms with Gasteiger partial charge in [-0.2, -0.15) is 0 Å². The summed E-state index contributed by atoms with van der Waals surface area (Å²) in [6.07, 6.45) is 3.84. The van der Waals surface area contributed by atoms with Gasteiger partial charge in [0.15, 0.2) is 0 Å². The van der Waals surface area contributed by atoms with E-state index >= 15 is 0 Å². The van der Waals surface area contributed by atoms with Crippen molar-refractivity contribution in [3.8, 4) is 0 Å². The number of carboxylic acids is 1. The lowest BCUT2D eigenvalue weighted by molar-refractivity contribution is -0.138. The summed E-state index contributed by atoms with van der Waals surface area (Å²) >= 11 is 0. The van der Waals surface area contributed by atoms with Gasteiger partial charge in [0.05, 0.1) is 0 Å². The van der Waals surface area contributed by atoms with Crippen molar-refractivity contribution in [3.05, 3.63) is 0 Å². The van der Waals surface area contributed by atoms with E-state index in [0.717, 1.165) is 18.8 Å². The molecule has 1 fully saturated rings. The van der Waals surface area contributed by atoms with E-state index < -0.39 is 5.97 Å². The first-order chi connectivity index (χ1) is 5.68. The molecular formula is C9H19NO2. The molecule has 0 unspecified atom stereocenters. The number of hydrogen-bond donors (Lipinski definition) is 2. The minimum atomic E-state index is -0.640. The van der Waals surface area contributed by atoms with Crippen LogP contribution >= 0.6 is 0 Å². The Morgan fingerprint density at radius 1 is 1.50 bits per heavy atom. The maximum atomic E-state index is 10.3. The van der Waals surface area contributed by atoms with Gasteiger partial charge in [0.1, 0.15) is 0 Å². The summed E-state index contributed by atoms with van der Waals surface area (Å²) in [4.78, 5) is 10.3. The molecule has 1 aliphatic carbocycles. The number of carboxylic acid groups (broad SMARTS) is 1. The number of hydrogen-bond acceptors (Lipinski definition) is 2. The SMILES string of the molecule is CN.C[C@@H]1CC[C@@H](CC(=O)O)C1. The molecule has 0 aromatic heterocycles. The molecule has 0 heterocycles. The fraction of sp³-hybridized carbons (Fsp3) is 0.889. The van der Waals surface area contributed by atoms with Crippen LogP contribution in [0.15, 0.2) is 0 Å². The highest BCUT2D eigenvalue weighted by molar-refractivity contribution is 5.67. The smallest absolute Gasteiger partial charge is 0.303 e. The third-order valence-electron chi connectivity index (χ3n) is 2.27. The van der Waals surface area contributed by atoms with Gasteiger partial charge in [-0.3, -0.25) is 4.79 Å². The number of rotatable bonds is 2. The van der Waals surface area contributed by atoms with Gasteiger partial charge < -0.3 is 10.8 Å². The van der Waals surface area contributed by atoms with Crippen molar-refractivity contribution in [1.82, 2.24) is 0 Å². The Morgan fingerprint density at radius 2 is 2.08 bits per heavy atom. The van der Waals surface area contributed by atoms with Gasteiger partial charge in [0, 0.05) is 6.42 Å². The van der Waals surface area contributed by atoms with Gasteiger partial charge in [-0.05, 0) is 31.7 Å². The van der Waals surface area contributed by atoms with Gasteiger partial charge in [-0.25, -0.2) is 0 Å². The molecule has 72 valence electrons. The average Bonchev–Trinajstić information content (AvgIpc) is 2.39. The lowest BCUT2D eigenvalue weighted by atomic mass is 10.0. The summed E-state index contributed by atoms with van der Waals surface area (Å²) < 4.78 is 0. The molecule has 2 atom stereocenters. The van der Waals surface area contributed by atoms with Crippen LogP contribution in [-0.4, -0.2) is 18.1 Å². The minimum absolute atomic E-state index is 0.379. The molecule has 0 aliphatic heterocycles. The van der Waals surface area contributed by atoms with Crippen LogP contribution in [0, 0.1) is 11.8 Å². The van der Waals surface area contributed by atoms with Crippen LogP contribution in [-0.2, 0) is 4.79 Å².